The normalized spacial score (nSPS) is 12.1. The Balaban J connectivity index is 2.02. The van der Waals surface area contributed by atoms with Crippen LogP contribution in [0.25, 0.3) is 0 Å². The summed E-state index contributed by atoms with van der Waals surface area (Å²) >= 11 is 0. The average Bonchev–Trinajstić information content (AvgIpc) is 2.51. The zero-order valence-corrected chi connectivity index (χ0v) is 14.5. The van der Waals surface area contributed by atoms with Crippen molar-refractivity contribution in [2.24, 2.45) is 0 Å². The zero-order valence-electron chi connectivity index (χ0n) is 14.5. The first-order valence-corrected chi connectivity index (χ1v) is 8.02. The summed E-state index contributed by atoms with van der Waals surface area (Å²) in [5, 5.41) is 2.96. The number of rotatable bonds is 5. The van der Waals surface area contributed by atoms with Crippen molar-refractivity contribution in [3.8, 4) is 5.75 Å². The summed E-state index contributed by atoms with van der Waals surface area (Å²) in [6.07, 6.45) is -0.557. The van der Waals surface area contributed by atoms with Crippen LogP contribution in [0.15, 0.2) is 42.5 Å². The SMILES string of the molecule is Cc1cccc(C)c1NC(=O)C(C)Oc1ccc(C(C)C)cc1. The summed E-state index contributed by atoms with van der Waals surface area (Å²) < 4.78 is 5.75. The van der Waals surface area contributed by atoms with Crippen molar-refractivity contribution in [3.05, 3.63) is 59.2 Å². The fourth-order valence-corrected chi connectivity index (χ4v) is 2.43. The van der Waals surface area contributed by atoms with E-state index in [0.29, 0.717) is 11.7 Å². The number of ether oxygens (including phenoxy) is 1. The van der Waals surface area contributed by atoms with E-state index in [4.69, 9.17) is 4.74 Å². The Morgan fingerprint density at radius 2 is 1.52 bits per heavy atom. The molecule has 0 aromatic heterocycles. The van der Waals surface area contributed by atoms with Crippen molar-refractivity contribution in [1.82, 2.24) is 0 Å². The highest BCUT2D eigenvalue weighted by Gasteiger charge is 2.16. The molecule has 0 saturated heterocycles. The summed E-state index contributed by atoms with van der Waals surface area (Å²) in [6, 6.07) is 13.9. The standard InChI is InChI=1S/C20H25NO2/c1-13(2)17-9-11-18(12-10-17)23-16(5)20(22)21-19-14(3)7-6-8-15(19)4/h6-13,16H,1-5H3,(H,21,22). The van der Waals surface area contributed by atoms with E-state index in [0.717, 1.165) is 16.8 Å². The quantitative estimate of drug-likeness (QED) is 0.858. The Kier molecular flexibility index (Phi) is 5.43. The number of benzene rings is 2. The molecule has 2 rings (SSSR count). The highest BCUT2D eigenvalue weighted by molar-refractivity contribution is 5.95. The van der Waals surface area contributed by atoms with Gasteiger partial charge in [-0.2, -0.15) is 0 Å². The van der Waals surface area contributed by atoms with Gasteiger partial charge in [0.05, 0.1) is 0 Å². The van der Waals surface area contributed by atoms with Gasteiger partial charge in [0.1, 0.15) is 5.75 Å². The van der Waals surface area contributed by atoms with E-state index in [2.05, 4.69) is 19.2 Å². The van der Waals surface area contributed by atoms with Crippen LogP contribution < -0.4 is 10.1 Å². The van der Waals surface area contributed by atoms with Crippen LogP contribution in [0.2, 0.25) is 0 Å². The molecule has 2 aromatic rings. The van der Waals surface area contributed by atoms with Crippen LogP contribution in [0.4, 0.5) is 5.69 Å². The Morgan fingerprint density at radius 3 is 2.04 bits per heavy atom. The van der Waals surface area contributed by atoms with E-state index >= 15 is 0 Å². The maximum atomic E-state index is 12.4. The molecule has 122 valence electrons. The van der Waals surface area contributed by atoms with E-state index < -0.39 is 6.10 Å². The van der Waals surface area contributed by atoms with Gasteiger partial charge in [-0.25, -0.2) is 0 Å². The molecule has 0 spiro atoms. The lowest BCUT2D eigenvalue weighted by atomic mass is 10.0. The minimum Gasteiger partial charge on any atom is -0.481 e. The number of hydrogen-bond acceptors (Lipinski definition) is 2. The molecule has 0 bridgehead atoms. The predicted octanol–water partition coefficient (Wildman–Crippen LogP) is 4.83. The van der Waals surface area contributed by atoms with Crippen molar-refractivity contribution in [3.63, 3.8) is 0 Å². The molecule has 1 amide bonds. The van der Waals surface area contributed by atoms with Crippen molar-refractivity contribution < 1.29 is 9.53 Å². The monoisotopic (exact) mass is 311 g/mol. The fourth-order valence-electron chi connectivity index (χ4n) is 2.43. The van der Waals surface area contributed by atoms with Gasteiger partial charge >= 0.3 is 0 Å². The zero-order chi connectivity index (χ0) is 17.0. The summed E-state index contributed by atoms with van der Waals surface area (Å²) in [6.45, 7) is 10.0. The molecular weight excluding hydrogens is 286 g/mol. The van der Waals surface area contributed by atoms with Gasteiger partial charge in [-0.15, -0.1) is 0 Å². The van der Waals surface area contributed by atoms with E-state index in [9.17, 15) is 4.79 Å². The van der Waals surface area contributed by atoms with Gasteiger partial charge in [0, 0.05) is 5.69 Å². The second-order valence-corrected chi connectivity index (χ2v) is 6.24. The van der Waals surface area contributed by atoms with Crippen LogP contribution >= 0.6 is 0 Å². The maximum absolute atomic E-state index is 12.4. The van der Waals surface area contributed by atoms with Gasteiger partial charge in [0.15, 0.2) is 6.10 Å². The van der Waals surface area contributed by atoms with Gasteiger partial charge in [-0.3, -0.25) is 4.79 Å². The molecule has 0 aliphatic heterocycles. The first-order chi connectivity index (χ1) is 10.9. The smallest absolute Gasteiger partial charge is 0.265 e. The third kappa shape index (κ3) is 4.35. The predicted molar refractivity (Wildman–Crippen MR) is 95.2 cm³/mol. The first kappa shape index (κ1) is 17.1. The third-order valence-corrected chi connectivity index (χ3v) is 3.96. The molecule has 1 atom stereocenters. The molecule has 1 unspecified atom stereocenters. The number of para-hydroxylation sites is 1. The molecule has 0 fully saturated rings. The number of carbonyl (C=O) groups is 1. The molecule has 3 heteroatoms. The largest absolute Gasteiger partial charge is 0.481 e. The molecular formula is C20H25NO2. The molecule has 0 saturated carbocycles. The minimum atomic E-state index is -0.557. The van der Waals surface area contributed by atoms with Crippen molar-refractivity contribution >= 4 is 11.6 Å². The summed E-state index contributed by atoms with van der Waals surface area (Å²) in [5.74, 6) is 1.04. The highest BCUT2D eigenvalue weighted by Crippen LogP contribution is 2.22. The number of amides is 1. The first-order valence-electron chi connectivity index (χ1n) is 8.02. The van der Waals surface area contributed by atoms with Gasteiger partial charge in [-0.1, -0.05) is 44.2 Å². The second-order valence-electron chi connectivity index (χ2n) is 6.24. The van der Waals surface area contributed by atoms with E-state index in [1.807, 2.05) is 56.3 Å². The van der Waals surface area contributed by atoms with Crippen molar-refractivity contribution in [1.29, 1.82) is 0 Å². The summed E-state index contributed by atoms with van der Waals surface area (Å²) in [5.41, 5.74) is 4.21. The molecule has 0 aliphatic rings. The van der Waals surface area contributed by atoms with Gasteiger partial charge in [0.25, 0.3) is 5.91 Å². The Bertz CT molecular complexity index is 654. The van der Waals surface area contributed by atoms with E-state index in [1.165, 1.54) is 5.56 Å². The lowest BCUT2D eigenvalue weighted by Crippen LogP contribution is -2.30. The number of hydrogen-bond donors (Lipinski definition) is 1. The van der Waals surface area contributed by atoms with Crippen LogP contribution in [0.1, 0.15) is 43.4 Å². The Hall–Kier alpha value is -2.29. The van der Waals surface area contributed by atoms with Crippen molar-refractivity contribution in [2.75, 3.05) is 5.32 Å². The Morgan fingerprint density at radius 1 is 0.957 bits per heavy atom. The molecule has 2 aromatic carbocycles. The van der Waals surface area contributed by atoms with Gasteiger partial charge in [-0.05, 0) is 55.5 Å². The second kappa shape index (κ2) is 7.32. The topological polar surface area (TPSA) is 38.3 Å². The number of anilines is 1. The number of aryl methyl sites for hydroxylation is 2. The van der Waals surface area contributed by atoms with Crippen LogP contribution in [0.3, 0.4) is 0 Å². The molecule has 23 heavy (non-hydrogen) atoms. The van der Waals surface area contributed by atoms with E-state index in [1.54, 1.807) is 6.92 Å². The van der Waals surface area contributed by atoms with Crippen LogP contribution in [-0.2, 0) is 4.79 Å². The molecule has 0 aliphatic carbocycles. The number of nitrogens with one attached hydrogen (secondary N) is 1. The molecule has 0 heterocycles. The minimum absolute atomic E-state index is 0.143. The lowest BCUT2D eigenvalue weighted by Gasteiger charge is -2.17. The highest BCUT2D eigenvalue weighted by atomic mass is 16.5. The molecule has 3 nitrogen and oxygen atoms in total. The van der Waals surface area contributed by atoms with Crippen LogP contribution in [-0.4, -0.2) is 12.0 Å². The van der Waals surface area contributed by atoms with Gasteiger partial charge in [0.2, 0.25) is 0 Å². The Labute approximate surface area is 138 Å². The van der Waals surface area contributed by atoms with Crippen LogP contribution in [0, 0.1) is 13.8 Å². The van der Waals surface area contributed by atoms with Crippen LogP contribution in [0.5, 0.6) is 5.75 Å². The summed E-state index contributed by atoms with van der Waals surface area (Å²) in [4.78, 5) is 12.4. The third-order valence-electron chi connectivity index (χ3n) is 3.96. The maximum Gasteiger partial charge on any atom is 0.265 e. The fraction of sp³-hybridized carbons (Fsp3) is 0.350. The van der Waals surface area contributed by atoms with Gasteiger partial charge < -0.3 is 10.1 Å². The molecule has 0 radical (unpaired) electrons. The van der Waals surface area contributed by atoms with E-state index in [-0.39, 0.29) is 5.91 Å². The van der Waals surface area contributed by atoms with Crippen molar-refractivity contribution in [2.45, 2.75) is 46.6 Å². The average molecular weight is 311 g/mol. The summed E-state index contributed by atoms with van der Waals surface area (Å²) in [7, 11) is 0. The lowest BCUT2D eigenvalue weighted by molar-refractivity contribution is -0.122. The molecule has 1 N–H and O–H groups in total. The number of carbonyl (C=O) groups excluding carboxylic acids is 1.